The van der Waals surface area contributed by atoms with E-state index in [4.69, 9.17) is 16.3 Å². The molecule has 0 bridgehead atoms. The molecule has 0 spiro atoms. The average molecular weight is 381 g/mol. The van der Waals surface area contributed by atoms with E-state index >= 15 is 0 Å². The van der Waals surface area contributed by atoms with Crippen LogP contribution in [-0.4, -0.2) is 11.8 Å². The molecule has 0 saturated heterocycles. The monoisotopic (exact) mass is 380 g/mol. The van der Waals surface area contributed by atoms with Crippen LogP contribution in [0.4, 0.5) is 4.39 Å². The summed E-state index contributed by atoms with van der Waals surface area (Å²) in [7, 11) is 0. The van der Waals surface area contributed by atoms with Crippen LogP contribution in [0.1, 0.15) is 26.3 Å². The van der Waals surface area contributed by atoms with Crippen molar-refractivity contribution in [2.24, 2.45) is 0 Å². The highest BCUT2D eigenvalue weighted by Gasteiger charge is 2.09. The van der Waals surface area contributed by atoms with E-state index in [1.54, 1.807) is 24.3 Å². The van der Waals surface area contributed by atoms with Gasteiger partial charge in [-0.25, -0.2) is 9.18 Å². The molecular formula is C22H14ClFO3. The summed E-state index contributed by atoms with van der Waals surface area (Å²) >= 11 is 6.05. The first kappa shape index (κ1) is 18.5. The van der Waals surface area contributed by atoms with E-state index in [1.807, 2.05) is 18.2 Å². The van der Waals surface area contributed by atoms with E-state index in [0.717, 1.165) is 5.56 Å². The van der Waals surface area contributed by atoms with Crippen LogP contribution in [0.25, 0.3) is 6.08 Å². The summed E-state index contributed by atoms with van der Waals surface area (Å²) in [6, 6.07) is 18.4. The van der Waals surface area contributed by atoms with Gasteiger partial charge in [0.15, 0.2) is 5.78 Å². The third kappa shape index (κ3) is 4.90. The molecule has 0 aliphatic rings. The minimum Gasteiger partial charge on any atom is -0.423 e. The largest absolute Gasteiger partial charge is 0.423 e. The number of halogens is 2. The van der Waals surface area contributed by atoms with Gasteiger partial charge in [0.25, 0.3) is 0 Å². The van der Waals surface area contributed by atoms with Gasteiger partial charge in [0, 0.05) is 10.6 Å². The molecule has 5 heteroatoms. The highest BCUT2D eigenvalue weighted by molar-refractivity contribution is 6.32. The molecule has 0 unspecified atom stereocenters. The summed E-state index contributed by atoms with van der Waals surface area (Å²) in [6.45, 7) is 0. The summed E-state index contributed by atoms with van der Waals surface area (Å²) in [5.74, 6) is -0.950. The summed E-state index contributed by atoms with van der Waals surface area (Å²) in [5.41, 5.74) is 1.43. The van der Waals surface area contributed by atoms with E-state index in [1.165, 1.54) is 42.5 Å². The van der Waals surface area contributed by atoms with Gasteiger partial charge in [0.1, 0.15) is 11.6 Å². The van der Waals surface area contributed by atoms with Crippen molar-refractivity contribution in [1.29, 1.82) is 0 Å². The molecule has 0 aromatic heterocycles. The molecule has 3 nitrogen and oxygen atoms in total. The SMILES string of the molecule is O=C(/C=C/c1ccccc1Cl)c1ccc(OC(=O)c2ccc(F)cc2)cc1. The lowest BCUT2D eigenvalue weighted by Crippen LogP contribution is -2.08. The van der Waals surface area contributed by atoms with Crippen LogP contribution in [0.15, 0.2) is 78.9 Å². The Balaban J connectivity index is 1.66. The summed E-state index contributed by atoms with van der Waals surface area (Å²) < 4.78 is 18.1. The minimum absolute atomic E-state index is 0.202. The summed E-state index contributed by atoms with van der Waals surface area (Å²) in [6.07, 6.45) is 3.08. The van der Waals surface area contributed by atoms with Crippen molar-refractivity contribution in [3.8, 4) is 5.75 Å². The maximum absolute atomic E-state index is 12.9. The van der Waals surface area contributed by atoms with Gasteiger partial charge in [0.2, 0.25) is 0 Å². The van der Waals surface area contributed by atoms with Crippen molar-refractivity contribution in [3.63, 3.8) is 0 Å². The first-order valence-electron chi connectivity index (χ1n) is 8.08. The molecule has 27 heavy (non-hydrogen) atoms. The fourth-order valence-electron chi connectivity index (χ4n) is 2.31. The molecule has 0 saturated carbocycles. The van der Waals surface area contributed by atoms with Crippen molar-refractivity contribution in [1.82, 2.24) is 0 Å². The summed E-state index contributed by atoms with van der Waals surface area (Å²) in [4.78, 5) is 24.2. The zero-order valence-electron chi connectivity index (χ0n) is 14.1. The predicted octanol–water partition coefficient (Wildman–Crippen LogP) is 5.59. The Hall–Kier alpha value is -3.24. The molecule has 0 N–H and O–H groups in total. The number of hydrogen-bond donors (Lipinski definition) is 0. The third-order valence-electron chi connectivity index (χ3n) is 3.75. The Kier molecular flexibility index (Phi) is 5.79. The smallest absolute Gasteiger partial charge is 0.343 e. The van der Waals surface area contributed by atoms with Crippen molar-refractivity contribution in [3.05, 3.63) is 106 Å². The molecular weight excluding hydrogens is 367 g/mol. The lowest BCUT2D eigenvalue weighted by atomic mass is 10.1. The van der Waals surface area contributed by atoms with Crippen LogP contribution in [-0.2, 0) is 0 Å². The van der Waals surface area contributed by atoms with Gasteiger partial charge < -0.3 is 4.74 Å². The fourth-order valence-corrected chi connectivity index (χ4v) is 2.51. The third-order valence-corrected chi connectivity index (χ3v) is 4.09. The lowest BCUT2D eigenvalue weighted by Gasteiger charge is -2.05. The Morgan fingerprint density at radius 2 is 1.48 bits per heavy atom. The van der Waals surface area contributed by atoms with Crippen LogP contribution in [0.5, 0.6) is 5.75 Å². The number of ketones is 1. The second-order valence-electron chi connectivity index (χ2n) is 5.64. The first-order chi connectivity index (χ1) is 13.0. The Labute approximate surface area is 160 Å². The van der Waals surface area contributed by atoms with Crippen LogP contribution in [0.3, 0.4) is 0 Å². The quantitative estimate of drug-likeness (QED) is 0.250. The van der Waals surface area contributed by atoms with Gasteiger partial charge in [-0.05, 0) is 72.3 Å². The molecule has 3 aromatic rings. The molecule has 0 aliphatic heterocycles. The number of carbonyl (C=O) groups is 2. The van der Waals surface area contributed by atoms with E-state index in [9.17, 15) is 14.0 Å². The second kappa shape index (κ2) is 8.43. The summed E-state index contributed by atoms with van der Waals surface area (Å²) in [5, 5.41) is 0.560. The maximum Gasteiger partial charge on any atom is 0.343 e. The molecule has 0 fully saturated rings. The first-order valence-corrected chi connectivity index (χ1v) is 8.45. The number of rotatable bonds is 5. The van der Waals surface area contributed by atoms with Gasteiger partial charge in [0.05, 0.1) is 5.56 Å². The van der Waals surface area contributed by atoms with Crippen LogP contribution >= 0.6 is 11.6 Å². The number of allylic oxidation sites excluding steroid dienone is 1. The predicted molar refractivity (Wildman–Crippen MR) is 103 cm³/mol. The molecule has 0 radical (unpaired) electrons. The van der Waals surface area contributed by atoms with Gasteiger partial charge in [-0.2, -0.15) is 0 Å². The average Bonchev–Trinajstić information content (AvgIpc) is 2.68. The van der Waals surface area contributed by atoms with Gasteiger partial charge in [-0.3, -0.25) is 4.79 Å². The van der Waals surface area contributed by atoms with Crippen LogP contribution in [0.2, 0.25) is 5.02 Å². The highest BCUT2D eigenvalue weighted by atomic mass is 35.5. The minimum atomic E-state index is -0.604. The lowest BCUT2D eigenvalue weighted by molar-refractivity contribution is 0.0734. The number of esters is 1. The second-order valence-corrected chi connectivity index (χ2v) is 6.05. The van der Waals surface area contributed by atoms with E-state index in [2.05, 4.69) is 0 Å². The molecule has 3 aromatic carbocycles. The Morgan fingerprint density at radius 1 is 0.852 bits per heavy atom. The van der Waals surface area contributed by atoms with E-state index in [0.29, 0.717) is 10.6 Å². The van der Waals surface area contributed by atoms with Gasteiger partial charge in [-0.1, -0.05) is 29.8 Å². The molecule has 0 heterocycles. The van der Waals surface area contributed by atoms with E-state index in [-0.39, 0.29) is 17.1 Å². The fraction of sp³-hybridized carbons (Fsp3) is 0. The number of benzene rings is 3. The van der Waals surface area contributed by atoms with Gasteiger partial charge in [-0.15, -0.1) is 0 Å². The topological polar surface area (TPSA) is 43.4 Å². The molecule has 134 valence electrons. The van der Waals surface area contributed by atoms with E-state index < -0.39 is 11.8 Å². The van der Waals surface area contributed by atoms with Crippen molar-refractivity contribution in [2.75, 3.05) is 0 Å². The Bertz CT molecular complexity index is 993. The highest BCUT2D eigenvalue weighted by Crippen LogP contribution is 2.18. The Morgan fingerprint density at radius 3 is 2.15 bits per heavy atom. The van der Waals surface area contributed by atoms with Crippen molar-refractivity contribution in [2.45, 2.75) is 0 Å². The van der Waals surface area contributed by atoms with Crippen LogP contribution < -0.4 is 4.74 Å². The molecule has 3 rings (SSSR count). The number of hydrogen-bond acceptors (Lipinski definition) is 3. The van der Waals surface area contributed by atoms with Crippen molar-refractivity contribution < 1.29 is 18.7 Å². The van der Waals surface area contributed by atoms with Crippen molar-refractivity contribution >= 4 is 29.4 Å². The maximum atomic E-state index is 12.9. The number of carbonyl (C=O) groups excluding carboxylic acids is 2. The standard InChI is InChI=1S/C22H14ClFO3/c23-20-4-2-1-3-15(20)9-14-21(25)16-7-12-19(13-8-16)27-22(26)17-5-10-18(24)11-6-17/h1-14H/b14-9+. The molecule has 0 atom stereocenters. The normalized spacial score (nSPS) is 10.7. The van der Waals surface area contributed by atoms with Gasteiger partial charge >= 0.3 is 5.97 Å². The number of ether oxygens (including phenoxy) is 1. The zero-order valence-corrected chi connectivity index (χ0v) is 14.8. The molecule has 0 amide bonds. The van der Waals surface area contributed by atoms with Crippen LogP contribution in [0, 0.1) is 5.82 Å². The zero-order chi connectivity index (χ0) is 19.2. The molecule has 0 aliphatic carbocycles.